The molecular weight excluding hydrogens is 318 g/mol. The third-order valence-corrected chi connectivity index (χ3v) is 6.39. The number of nitrogens with zero attached hydrogens (tertiary/aromatic N) is 1. The first kappa shape index (κ1) is 17.8. The Balaban J connectivity index is 1.55. The zero-order valence-electron chi connectivity index (χ0n) is 14.4. The number of amides is 1. The van der Waals surface area contributed by atoms with E-state index < -0.39 is 6.04 Å². The second-order valence-electron chi connectivity index (χ2n) is 7.04. The third-order valence-electron chi connectivity index (χ3n) is 5.44. The molecule has 2 aliphatic rings. The van der Waals surface area contributed by atoms with E-state index in [0.29, 0.717) is 6.42 Å². The van der Waals surface area contributed by atoms with Gasteiger partial charge in [0.25, 0.3) is 0 Å². The highest BCUT2D eigenvalue weighted by atomic mass is 32.2. The molecule has 1 amide bonds. The van der Waals surface area contributed by atoms with Gasteiger partial charge in [0, 0.05) is 36.7 Å². The van der Waals surface area contributed by atoms with Gasteiger partial charge in [-0.2, -0.15) is 11.8 Å². The average Bonchev–Trinajstić information content (AvgIpc) is 3.11. The molecule has 1 saturated carbocycles. The maximum atomic E-state index is 12.5. The molecule has 1 saturated heterocycles. The summed E-state index contributed by atoms with van der Waals surface area (Å²) in [6, 6.07) is 9.54. The van der Waals surface area contributed by atoms with Gasteiger partial charge in [0.15, 0.2) is 0 Å². The smallest absolute Gasteiger partial charge is 0.237 e. The van der Waals surface area contributed by atoms with Crippen LogP contribution < -0.4 is 11.1 Å². The maximum Gasteiger partial charge on any atom is 0.237 e. The fraction of sp³-hybridized carbons (Fsp3) is 0.632. The summed E-state index contributed by atoms with van der Waals surface area (Å²) < 4.78 is 0. The highest BCUT2D eigenvalue weighted by molar-refractivity contribution is 7.99. The molecule has 5 heteroatoms. The molecule has 1 aliphatic heterocycles. The largest absolute Gasteiger partial charge is 0.353 e. The highest BCUT2D eigenvalue weighted by Crippen LogP contribution is 2.36. The lowest BCUT2D eigenvalue weighted by molar-refractivity contribution is -0.123. The second-order valence-corrected chi connectivity index (χ2v) is 8.27. The SMILES string of the molecule is NC(Cc1ccccc1)C(=O)NCC1(N2CCSCC2)CCCC1. The monoisotopic (exact) mass is 347 g/mol. The number of benzene rings is 1. The molecule has 1 aromatic rings. The van der Waals surface area contributed by atoms with Crippen molar-refractivity contribution in [3.05, 3.63) is 35.9 Å². The Hall–Kier alpha value is -1.04. The van der Waals surface area contributed by atoms with Gasteiger partial charge in [-0.15, -0.1) is 0 Å². The van der Waals surface area contributed by atoms with Gasteiger partial charge in [0.1, 0.15) is 0 Å². The molecule has 3 N–H and O–H groups in total. The van der Waals surface area contributed by atoms with E-state index in [2.05, 4.69) is 10.2 Å². The highest BCUT2D eigenvalue weighted by Gasteiger charge is 2.40. The molecule has 3 rings (SSSR count). The van der Waals surface area contributed by atoms with Crippen molar-refractivity contribution < 1.29 is 4.79 Å². The molecule has 0 radical (unpaired) electrons. The van der Waals surface area contributed by atoms with Crippen LogP contribution in [0.2, 0.25) is 0 Å². The molecule has 1 heterocycles. The van der Waals surface area contributed by atoms with E-state index in [1.165, 1.54) is 37.2 Å². The van der Waals surface area contributed by atoms with E-state index in [1.807, 2.05) is 42.1 Å². The van der Waals surface area contributed by atoms with Gasteiger partial charge in [0.05, 0.1) is 6.04 Å². The first-order valence-electron chi connectivity index (χ1n) is 9.10. The summed E-state index contributed by atoms with van der Waals surface area (Å²) in [5.74, 6) is 2.41. The van der Waals surface area contributed by atoms with Gasteiger partial charge in [-0.3, -0.25) is 9.69 Å². The van der Waals surface area contributed by atoms with Crippen LogP contribution in [0.15, 0.2) is 30.3 Å². The van der Waals surface area contributed by atoms with Gasteiger partial charge >= 0.3 is 0 Å². The number of hydrogen-bond donors (Lipinski definition) is 2. The van der Waals surface area contributed by atoms with Crippen molar-refractivity contribution in [1.82, 2.24) is 10.2 Å². The van der Waals surface area contributed by atoms with Crippen molar-refractivity contribution in [2.75, 3.05) is 31.1 Å². The van der Waals surface area contributed by atoms with Crippen molar-refractivity contribution in [3.8, 4) is 0 Å². The number of carbonyl (C=O) groups excluding carboxylic acids is 1. The van der Waals surface area contributed by atoms with E-state index >= 15 is 0 Å². The standard InChI is InChI=1S/C19H29N3OS/c20-17(14-16-6-2-1-3-7-16)18(23)21-15-19(8-4-5-9-19)22-10-12-24-13-11-22/h1-3,6-7,17H,4-5,8-15,20H2,(H,21,23). The maximum absolute atomic E-state index is 12.5. The van der Waals surface area contributed by atoms with E-state index in [-0.39, 0.29) is 11.4 Å². The normalized spacial score (nSPS) is 22.2. The van der Waals surface area contributed by atoms with E-state index in [9.17, 15) is 4.79 Å². The van der Waals surface area contributed by atoms with Crippen LogP contribution in [0, 0.1) is 0 Å². The van der Waals surface area contributed by atoms with Crippen LogP contribution >= 0.6 is 11.8 Å². The lowest BCUT2D eigenvalue weighted by Gasteiger charge is -2.43. The number of nitrogens with one attached hydrogen (secondary N) is 1. The van der Waals surface area contributed by atoms with Crippen LogP contribution in [0.4, 0.5) is 0 Å². The Labute approximate surface area is 149 Å². The van der Waals surface area contributed by atoms with Crippen LogP contribution in [0.5, 0.6) is 0 Å². The molecule has 1 atom stereocenters. The summed E-state index contributed by atoms with van der Waals surface area (Å²) in [7, 11) is 0. The molecule has 0 spiro atoms. The topological polar surface area (TPSA) is 58.4 Å². The summed E-state index contributed by atoms with van der Waals surface area (Å²) in [5.41, 5.74) is 7.41. The van der Waals surface area contributed by atoms with E-state index in [1.54, 1.807) is 0 Å². The molecule has 1 aromatic carbocycles. The minimum Gasteiger partial charge on any atom is -0.353 e. The van der Waals surface area contributed by atoms with Crippen molar-refractivity contribution in [1.29, 1.82) is 0 Å². The zero-order valence-corrected chi connectivity index (χ0v) is 15.2. The average molecular weight is 348 g/mol. The lowest BCUT2D eigenvalue weighted by atomic mass is 9.94. The summed E-state index contributed by atoms with van der Waals surface area (Å²) in [5, 5.41) is 3.17. The predicted molar refractivity (Wildman–Crippen MR) is 101 cm³/mol. The fourth-order valence-corrected chi connectivity index (χ4v) is 4.92. The van der Waals surface area contributed by atoms with E-state index in [0.717, 1.165) is 25.2 Å². The predicted octanol–water partition coefficient (Wildman–Crippen LogP) is 2.03. The molecule has 24 heavy (non-hydrogen) atoms. The zero-order chi connectivity index (χ0) is 16.8. The van der Waals surface area contributed by atoms with Crippen molar-refractivity contribution >= 4 is 17.7 Å². The minimum absolute atomic E-state index is 0.0171. The molecule has 0 bridgehead atoms. The van der Waals surface area contributed by atoms with Crippen LogP contribution in [-0.2, 0) is 11.2 Å². The Morgan fingerprint density at radius 1 is 1.21 bits per heavy atom. The molecule has 132 valence electrons. The number of nitrogens with two attached hydrogens (primary N) is 1. The van der Waals surface area contributed by atoms with Crippen LogP contribution in [0.3, 0.4) is 0 Å². The fourth-order valence-electron chi connectivity index (χ4n) is 4.02. The molecule has 2 fully saturated rings. The van der Waals surface area contributed by atoms with Crippen LogP contribution in [-0.4, -0.2) is 53.5 Å². The Bertz CT molecular complexity index is 525. The molecule has 1 unspecified atom stereocenters. The summed E-state index contributed by atoms with van der Waals surface area (Å²) in [6.45, 7) is 3.05. The number of carbonyl (C=O) groups is 1. The van der Waals surface area contributed by atoms with Crippen molar-refractivity contribution in [2.24, 2.45) is 5.73 Å². The number of hydrogen-bond acceptors (Lipinski definition) is 4. The summed E-state index contributed by atoms with van der Waals surface area (Å²) in [4.78, 5) is 15.1. The Kier molecular flexibility index (Phi) is 6.19. The van der Waals surface area contributed by atoms with Crippen LogP contribution in [0.25, 0.3) is 0 Å². The van der Waals surface area contributed by atoms with Crippen LogP contribution in [0.1, 0.15) is 31.2 Å². The van der Waals surface area contributed by atoms with Crippen molar-refractivity contribution in [3.63, 3.8) is 0 Å². The molecule has 4 nitrogen and oxygen atoms in total. The summed E-state index contributed by atoms with van der Waals surface area (Å²) >= 11 is 2.04. The van der Waals surface area contributed by atoms with Gasteiger partial charge in [0.2, 0.25) is 5.91 Å². The quantitative estimate of drug-likeness (QED) is 0.827. The number of thioether (sulfide) groups is 1. The molecular formula is C19H29N3OS. The second kappa shape index (κ2) is 8.37. The van der Waals surface area contributed by atoms with Gasteiger partial charge < -0.3 is 11.1 Å². The first-order chi connectivity index (χ1) is 11.7. The lowest BCUT2D eigenvalue weighted by Crippen LogP contribution is -2.58. The summed E-state index contributed by atoms with van der Waals surface area (Å²) in [6.07, 6.45) is 5.54. The molecule has 0 aromatic heterocycles. The Morgan fingerprint density at radius 3 is 2.54 bits per heavy atom. The third kappa shape index (κ3) is 4.32. The van der Waals surface area contributed by atoms with Crippen molar-refractivity contribution in [2.45, 2.75) is 43.7 Å². The van der Waals surface area contributed by atoms with E-state index in [4.69, 9.17) is 5.73 Å². The first-order valence-corrected chi connectivity index (χ1v) is 10.3. The minimum atomic E-state index is -0.470. The Morgan fingerprint density at radius 2 is 1.88 bits per heavy atom. The van der Waals surface area contributed by atoms with Gasteiger partial charge in [-0.25, -0.2) is 0 Å². The van der Waals surface area contributed by atoms with Gasteiger partial charge in [-0.1, -0.05) is 43.2 Å². The molecule has 1 aliphatic carbocycles. The number of rotatable bonds is 6. The van der Waals surface area contributed by atoms with Gasteiger partial charge in [-0.05, 0) is 24.8 Å².